The fourth-order valence-electron chi connectivity index (χ4n) is 4.32. The van der Waals surface area contributed by atoms with Gasteiger partial charge < -0.3 is 10.4 Å². The van der Waals surface area contributed by atoms with E-state index in [1.165, 1.54) is 12.1 Å². The normalized spacial score (nSPS) is 22.1. The van der Waals surface area contributed by atoms with Gasteiger partial charge in [-0.05, 0) is 54.5 Å². The van der Waals surface area contributed by atoms with E-state index in [0.717, 1.165) is 12.7 Å². The van der Waals surface area contributed by atoms with Gasteiger partial charge in [0.05, 0.1) is 27.8 Å². The summed E-state index contributed by atoms with van der Waals surface area (Å²) >= 11 is 0. The van der Waals surface area contributed by atoms with Crippen LogP contribution in [0.15, 0.2) is 57.3 Å². The maximum Gasteiger partial charge on any atom is 0.229 e. The van der Waals surface area contributed by atoms with E-state index in [4.69, 9.17) is 0 Å². The number of hydrogen-bond acceptors (Lipinski definition) is 6. The minimum Gasteiger partial charge on any atom is -0.871 e. The van der Waals surface area contributed by atoms with E-state index in [1.54, 1.807) is 18.2 Å². The summed E-state index contributed by atoms with van der Waals surface area (Å²) in [5, 5.41) is 16.5. The highest BCUT2D eigenvalue weighted by Gasteiger charge is 2.44. The molecule has 1 heterocycles. The Bertz CT molecular complexity index is 1420. The number of hydrogen-bond donors (Lipinski definition) is 2. The van der Waals surface area contributed by atoms with Crippen molar-refractivity contribution < 1.29 is 22.5 Å². The predicted molar refractivity (Wildman–Crippen MR) is 137 cm³/mol. The standard InChI is InChI=1S/C25H29N3O5S2/c1-24(2,3)12-13-25(4)17-9-7-6-8-16(17)21(29)20(22(25)30)23-26-18-11-10-15(28-35(5,32)33)14-19(18)34(31)27-23/h6-11,14,28-29H,12-13H2,1-5H3,(H,26,27)/p-1/t25-,34?/m1/s1. The smallest absolute Gasteiger partial charge is 0.229 e. The number of nitrogens with zero attached hydrogens (tertiary/aromatic N) is 1. The molecule has 1 aliphatic heterocycles. The highest BCUT2D eigenvalue weighted by Crippen LogP contribution is 2.44. The summed E-state index contributed by atoms with van der Waals surface area (Å²) in [6, 6.07) is 11.6. The molecule has 1 unspecified atom stereocenters. The lowest BCUT2D eigenvalue weighted by Gasteiger charge is -2.40. The average Bonchev–Trinajstić information content (AvgIpc) is 2.75. The highest BCUT2D eigenvalue weighted by molar-refractivity contribution is 7.92. The number of Topliss-reactive ketones (excluding diaryl/α,β-unsaturated/α-hetero) is 1. The summed E-state index contributed by atoms with van der Waals surface area (Å²) in [5.74, 6) is -0.848. The second-order valence-corrected chi connectivity index (χ2v) is 13.2. The zero-order valence-electron chi connectivity index (χ0n) is 20.3. The fourth-order valence-corrected chi connectivity index (χ4v) is 5.82. The van der Waals surface area contributed by atoms with E-state index in [2.05, 4.69) is 35.2 Å². The van der Waals surface area contributed by atoms with Crippen molar-refractivity contribution in [3.8, 4) is 0 Å². The third kappa shape index (κ3) is 4.90. The molecule has 0 spiro atoms. The van der Waals surface area contributed by atoms with E-state index in [9.17, 15) is 22.5 Å². The Morgan fingerprint density at radius 1 is 1.17 bits per heavy atom. The second-order valence-electron chi connectivity index (χ2n) is 10.4. The van der Waals surface area contributed by atoms with Crippen molar-refractivity contribution in [2.24, 2.45) is 9.81 Å². The summed E-state index contributed by atoms with van der Waals surface area (Å²) in [5.41, 5.74) is 0.681. The third-order valence-electron chi connectivity index (χ3n) is 6.23. The van der Waals surface area contributed by atoms with Gasteiger partial charge >= 0.3 is 0 Å². The molecule has 2 aliphatic rings. The molecule has 0 radical (unpaired) electrons. The molecule has 0 saturated heterocycles. The number of benzene rings is 2. The Kier molecular flexibility index (Phi) is 6.17. The van der Waals surface area contributed by atoms with Crippen molar-refractivity contribution in [3.05, 3.63) is 59.2 Å². The lowest BCUT2D eigenvalue weighted by molar-refractivity contribution is -0.245. The van der Waals surface area contributed by atoms with Crippen LogP contribution in [0, 0.1) is 5.41 Å². The molecule has 10 heteroatoms. The fraction of sp³-hybridized carbons (Fsp3) is 0.360. The third-order valence-corrected chi connectivity index (χ3v) is 7.90. The van der Waals surface area contributed by atoms with Gasteiger partial charge in [-0.25, -0.2) is 12.6 Å². The molecule has 35 heavy (non-hydrogen) atoms. The number of carbonyl (C=O) groups is 1. The van der Waals surface area contributed by atoms with Crippen LogP contribution in [0.25, 0.3) is 5.76 Å². The van der Waals surface area contributed by atoms with E-state index >= 15 is 0 Å². The molecule has 186 valence electrons. The Labute approximate surface area is 208 Å². The first kappa shape index (κ1) is 25.1. The largest absolute Gasteiger partial charge is 0.871 e. The lowest BCUT2D eigenvalue weighted by Crippen LogP contribution is -2.44. The number of fused-ring (bicyclic) bond motifs is 2. The van der Waals surface area contributed by atoms with Crippen molar-refractivity contribution in [1.29, 1.82) is 0 Å². The number of anilines is 2. The number of sulfonamides is 1. The first-order chi connectivity index (χ1) is 16.2. The summed E-state index contributed by atoms with van der Waals surface area (Å²) in [6.45, 7) is 8.16. The molecule has 0 saturated carbocycles. The molecule has 2 N–H and O–H groups in total. The van der Waals surface area contributed by atoms with E-state index < -0.39 is 32.2 Å². The minimum atomic E-state index is -3.52. The second kappa shape index (κ2) is 8.60. The Hall–Kier alpha value is -2.98. The maximum absolute atomic E-state index is 13.9. The molecule has 4 rings (SSSR count). The topological polar surface area (TPSA) is 128 Å². The van der Waals surface area contributed by atoms with Gasteiger partial charge in [0.2, 0.25) is 10.0 Å². The lowest BCUT2D eigenvalue weighted by atomic mass is 9.65. The van der Waals surface area contributed by atoms with Crippen LogP contribution in [0.5, 0.6) is 0 Å². The van der Waals surface area contributed by atoms with Crippen LogP contribution in [0.2, 0.25) is 0 Å². The minimum absolute atomic E-state index is 0.0153. The molecule has 2 atom stereocenters. The van der Waals surface area contributed by atoms with Crippen LogP contribution in [-0.2, 0) is 31.2 Å². The van der Waals surface area contributed by atoms with Crippen molar-refractivity contribution in [1.82, 2.24) is 0 Å². The average molecular weight is 515 g/mol. The summed E-state index contributed by atoms with van der Waals surface area (Å²) < 4.78 is 42.6. The molecule has 0 aromatic heterocycles. The quantitative estimate of drug-likeness (QED) is 0.630. The Morgan fingerprint density at radius 2 is 1.86 bits per heavy atom. The molecule has 1 aliphatic carbocycles. The van der Waals surface area contributed by atoms with Gasteiger partial charge in [0.15, 0.2) is 22.6 Å². The van der Waals surface area contributed by atoms with E-state index in [1.807, 2.05) is 19.1 Å². The van der Waals surface area contributed by atoms with Gasteiger partial charge in [0, 0.05) is 5.69 Å². The number of amidine groups is 1. The first-order valence-electron chi connectivity index (χ1n) is 11.2. The van der Waals surface area contributed by atoms with Gasteiger partial charge in [0.25, 0.3) is 0 Å². The van der Waals surface area contributed by atoms with Crippen molar-refractivity contribution in [2.75, 3.05) is 16.3 Å². The van der Waals surface area contributed by atoms with Crippen LogP contribution in [0.4, 0.5) is 11.4 Å². The molecule has 8 nitrogen and oxygen atoms in total. The van der Waals surface area contributed by atoms with Crippen LogP contribution < -0.4 is 15.1 Å². The number of nitrogens with one attached hydrogen (secondary N) is 2. The summed E-state index contributed by atoms with van der Waals surface area (Å²) in [6.07, 6.45) is 2.32. The zero-order valence-corrected chi connectivity index (χ0v) is 21.9. The molecule has 0 bridgehead atoms. The van der Waals surface area contributed by atoms with Gasteiger partial charge in [-0.1, -0.05) is 50.8 Å². The SMILES string of the molecule is CC(C)(C)CC[C@@]1(C)C(=O)C(C2=NS(=O)c3cc(NS(C)(=O)=O)ccc3N2)=C([O-])c2ccccc21. The van der Waals surface area contributed by atoms with Crippen LogP contribution >= 0.6 is 0 Å². The summed E-state index contributed by atoms with van der Waals surface area (Å²) in [7, 11) is -5.47. The van der Waals surface area contributed by atoms with Gasteiger partial charge in [-0.2, -0.15) is 4.40 Å². The highest BCUT2D eigenvalue weighted by atomic mass is 32.2. The van der Waals surface area contributed by atoms with Gasteiger partial charge in [-0.15, -0.1) is 0 Å². The molecule has 2 aromatic rings. The van der Waals surface area contributed by atoms with Crippen LogP contribution in [0.1, 0.15) is 51.7 Å². The van der Waals surface area contributed by atoms with Crippen LogP contribution in [0.3, 0.4) is 0 Å². The Balaban J connectivity index is 1.78. The predicted octanol–water partition coefficient (Wildman–Crippen LogP) is 3.34. The zero-order chi connectivity index (χ0) is 25.8. The summed E-state index contributed by atoms with van der Waals surface area (Å²) in [4.78, 5) is 14.2. The van der Waals surface area contributed by atoms with Gasteiger partial charge in [0.1, 0.15) is 0 Å². The molecular weight excluding hydrogens is 486 g/mol. The van der Waals surface area contributed by atoms with Crippen molar-refractivity contribution >= 4 is 49.8 Å². The maximum atomic E-state index is 13.9. The number of carbonyl (C=O) groups excluding carboxylic acids is 1. The molecular formula is C25H28N3O5S2-. The monoisotopic (exact) mass is 514 g/mol. The van der Waals surface area contributed by atoms with Crippen LogP contribution in [-0.4, -0.2) is 30.5 Å². The van der Waals surface area contributed by atoms with E-state index in [-0.39, 0.29) is 33.2 Å². The first-order valence-corrected chi connectivity index (χ1v) is 14.2. The van der Waals surface area contributed by atoms with Gasteiger partial charge in [-0.3, -0.25) is 9.52 Å². The molecule has 0 fully saturated rings. The van der Waals surface area contributed by atoms with Crippen molar-refractivity contribution in [2.45, 2.75) is 50.8 Å². The molecule has 0 amide bonds. The van der Waals surface area contributed by atoms with E-state index in [0.29, 0.717) is 23.2 Å². The Morgan fingerprint density at radius 3 is 2.51 bits per heavy atom. The van der Waals surface area contributed by atoms with Crippen molar-refractivity contribution in [3.63, 3.8) is 0 Å². The number of ketones is 1. The molecule has 2 aromatic carbocycles. The number of rotatable bonds is 5.